The summed E-state index contributed by atoms with van der Waals surface area (Å²) < 4.78 is 27.3. The highest BCUT2D eigenvalue weighted by molar-refractivity contribution is 5.98. The number of carbonyl (C=O) groups is 3. The second kappa shape index (κ2) is 9.49. The molecule has 10 heteroatoms. The number of halogens is 2. The van der Waals surface area contributed by atoms with Crippen LogP contribution in [0.25, 0.3) is 0 Å². The summed E-state index contributed by atoms with van der Waals surface area (Å²) in [4.78, 5) is 35.9. The maximum absolute atomic E-state index is 13.6. The van der Waals surface area contributed by atoms with Crippen LogP contribution in [0, 0.1) is 11.8 Å². The lowest BCUT2D eigenvalue weighted by atomic mass is 9.91. The lowest BCUT2D eigenvalue weighted by molar-refractivity contribution is -0.135. The van der Waals surface area contributed by atoms with Crippen LogP contribution in [0.2, 0.25) is 0 Å². The monoisotopic (exact) mass is 382 g/mol. The van der Waals surface area contributed by atoms with Crippen LogP contribution in [0.3, 0.4) is 0 Å². The lowest BCUT2D eigenvalue weighted by Gasteiger charge is -2.36. The molecule has 0 fully saturated rings. The number of urea groups is 1. The molecule has 1 aromatic carbocycles. The van der Waals surface area contributed by atoms with Crippen LogP contribution in [0.1, 0.15) is 29.8 Å². The first kappa shape index (κ1) is 21.9. The van der Waals surface area contributed by atoms with Gasteiger partial charge in [-0.05, 0) is 38.1 Å². The standard InChI is InChI=1S/C17H20F2N4O4/c1-4-5-10-6-8-11(9-7-10)13(24)21-12(14(25)23-27)17(2,15(18)19)22-16(26)20-3/h6-9,12,15,27H,1-3H3,(H,21,24)(H,23,25)(H2,20,22,26)/t12-,17?/m1/s1. The summed E-state index contributed by atoms with van der Waals surface area (Å²) in [5.41, 5.74) is -0.572. The van der Waals surface area contributed by atoms with Gasteiger partial charge in [-0.2, -0.15) is 0 Å². The Hall–Kier alpha value is -3.19. The topological polar surface area (TPSA) is 120 Å². The number of alkyl halides is 2. The number of hydrogen-bond donors (Lipinski definition) is 5. The Morgan fingerprint density at radius 3 is 2.22 bits per heavy atom. The molecule has 0 bridgehead atoms. The molecular formula is C17H20F2N4O4. The number of hydroxylamine groups is 1. The van der Waals surface area contributed by atoms with Gasteiger partial charge >= 0.3 is 6.03 Å². The summed E-state index contributed by atoms with van der Waals surface area (Å²) in [6, 6.07) is 2.92. The van der Waals surface area contributed by atoms with Gasteiger partial charge in [-0.15, -0.1) is 5.92 Å². The number of benzene rings is 1. The van der Waals surface area contributed by atoms with E-state index in [-0.39, 0.29) is 5.56 Å². The minimum atomic E-state index is -3.25. The van der Waals surface area contributed by atoms with Crippen molar-refractivity contribution in [3.05, 3.63) is 35.4 Å². The first-order valence-electron chi connectivity index (χ1n) is 7.75. The molecule has 0 saturated heterocycles. The predicted octanol–water partition coefficient (Wildman–Crippen LogP) is 0.615. The van der Waals surface area contributed by atoms with Crippen molar-refractivity contribution in [3.63, 3.8) is 0 Å². The van der Waals surface area contributed by atoms with Gasteiger partial charge in [0.25, 0.3) is 18.2 Å². The van der Waals surface area contributed by atoms with E-state index in [4.69, 9.17) is 5.21 Å². The fourth-order valence-corrected chi connectivity index (χ4v) is 2.18. The molecule has 8 nitrogen and oxygen atoms in total. The zero-order chi connectivity index (χ0) is 20.6. The molecule has 1 unspecified atom stereocenters. The van der Waals surface area contributed by atoms with Crippen LogP contribution in [0.5, 0.6) is 0 Å². The van der Waals surface area contributed by atoms with E-state index in [1.807, 2.05) is 5.32 Å². The fraction of sp³-hybridized carbons (Fsp3) is 0.353. The van der Waals surface area contributed by atoms with E-state index in [0.717, 1.165) is 6.92 Å². The molecule has 0 aliphatic rings. The van der Waals surface area contributed by atoms with Crippen LogP contribution in [0.4, 0.5) is 13.6 Å². The summed E-state index contributed by atoms with van der Waals surface area (Å²) in [5, 5.41) is 15.0. The van der Waals surface area contributed by atoms with Crippen LogP contribution < -0.4 is 21.4 Å². The quantitative estimate of drug-likeness (QED) is 0.281. The SMILES string of the molecule is CC#Cc1ccc(C(=O)N[C@H](C(=O)NO)C(C)(NC(=O)NC)C(F)F)cc1. The van der Waals surface area contributed by atoms with Crippen molar-refractivity contribution in [1.82, 2.24) is 21.4 Å². The Balaban J connectivity index is 3.17. The summed E-state index contributed by atoms with van der Waals surface area (Å²) in [6.07, 6.45) is -3.25. The normalized spacial score (nSPS) is 13.4. The Morgan fingerprint density at radius 2 is 1.78 bits per heavy atom. The van der Waals surface area contributed by atoms with Crippen molar-refractivity contribution in [2.45, 2.75) is 31.9 Å². The second-order valence-electron chi connectivity index (χ2n) is 5.62. The lowest BCUT2D eigenvalue weighted by Crippen LogP contribution is -2.69. The maximum atomic E-state index is 13.6. The molecule has 4 amide bonds. The van der Waals surface area contributed by atoms with Crippen LogP contribution in [-0.4, -0.2) is 48.1 Å². The number of hydrogen-bond acceptors (Lipinski definition) is 4. The minimum absolute atomic E-state index is 0.0731. The Labute approximate surface area is 154 Å². The smallest absolute Gasteiger partial charge is 0.315 e. The van der Waals surface area contributed by atoms with E-state index in [2.05, 4.69) is 22.5 Å². The highest BCUT2D eigenvalue weighted by Gasteiger charge is 2.48. The molecule has 0 aliphatic carbocycles. The zero-order valence-corrected chi connectivity index (χ0v) is 14.9. The van der Waals surface area contributed by atoms with Gasteiger partial charge in [-0.3, -0.25) is 14.8 Å². The molecular weight excluding hydrogens is 362 g/mol. The van der Waals surface area contributed by atoms with Gasteiger partial charge in [-0.25, -0.2) is 19.1 Å². The van der Waals surface area contributed by atoms with Crippen molar-refractivity contribution < 1.29 is 28.4 Å². The molecule has 0 saturated carbocycles. The molecule has 0 aromatic heterocycles. The second-order valence-corrected chi connectivity index (χ2v) is 5.62. The van der Waals surface area contributed by atoms with E-state index in [1.165, 1.54) is 24.7 Å². The third kappa shape index (κ3) is 5.39. The molecule has 0 spiro atoms. The molecule has 146 valence electrons. The van der Waals surface area contributed by atoms with Crippen molar-refractivity contribution in [2.75, 3.05) is 7.05 Å². The van der Waals surface area contributed by atoms with Gasteiger partial charge in [-0.1, -0.05) is 5.92 Å². The highest BCUT2D eigenvalue weighted by atomic mass is 19.3. The summed E-state index contributed by atoms with van der Waals surface area (Å²) >= 11 is 0. The molecule has 5 N–H and O–H groups in total. The molecule has 1 aromatic rings. The van der Waals surface area contributed by atoms with Crippen molar-refractivity contribution in [3.8, 4) is 11.8 Å². The number of rotatable bonds is 6. The average Bonchev–Trinajstić information content (AvgIpc) is 2.65. The third-order valence-electron chi connectivity index (χ3n) is 3.73. The maximum Gasteiger partial charge on any atom is 0.315 e. The Kier molecular flexibility index (Phi) is 7.68. The first-order valence-corrected chi connectivity index (χ1v) is 7.75. The molecule has 27 heavy (non-hydrogen) atoms. The van der Waals surface area contributed by atoms with E-state index in [9.17, 15) is 23.2 Å². The summed E-state index contributed by atoms with van der Waals surface area (Å²) in [7, 11) is 1.20. The van der Waals surface area contributed by atoms with Crippen LogP contribution in [0.15, 0.2) is 24.3 Å². The van der Waals surface area contributed by atoms with Gasteiger partial charge in [0.1, 0.15) is 11.6 Å². The number of carbonyl (C=O) groups excluding carboxylic acids is 3. The number of amides is 4. The summed E-state index contributed by atoms with van der Waals surface area (Å²) in [6.45, 7) is 2.51. The molecule has 0 aliphatic heterocycles. The van der Waals surface area contributed by atoms with E-state index >= 15 is 0 Å². The molecule has 0 radical (unpaired) electrons. The zero-order valence-electron chi connectivity index (χ0n) is 14.9. The first-order chi connectivity index (χ1) is 12.7. The van der Waals surface area contributed by atoms with Gasteiger partial charge in [0.15, 0.2) is 0 Å². The van der Waals surface area contributed by atoms with Gasteiger partial charge in [0.05, 0.1) is 0 Å². The van der Waals surface area contributed by atoms with Crippen molar-refractivity contribution in [2.24, 2.45) is 0 Å². The number of nitrogens with one attached hydrogen (secondary N) is 4. The predicted molar refractivity (Wildman–Crippen MR) is 92.2 cm³/mol. The highest BCUT2D eigenvalue weighted by Crippen LogP contribution is 2.21. The van der Waals surface area contributed by atoms with E-state index in [1.54, 1.807) is 19.1 Å². The fourth-order valence-electron chi connectivity index (χ4n) is 2.18. The Bertz CT molecular complexity index is 758. The Morgan fingerprint density at radius 1 is 1.19 bits per heavy atom. The van der Waals surface area contributed by atoms with E-state index in [0.29, 0.717) is 5.56 Å². The molecule has 2 atom stereocenters. The van der Waals surface area contributed by atoms with Crippen molar-refractivity contribution >= 4 is 17.8 Å². The van der Waals surface area contributed by atoms with Gasteiger partial charge in [0, 0.05) is 18.2 Å². The van der Waals surface area contributed by atoms with E-state index < -0.39 is 35.9 Å². The third-order valence-corrected chi connectivity index (χ3v) is 3.73. The van der Waals surface area contributed by atoms with Gasteiger partial charge < -0.3 is 16.0 Å². The molecule has 0 heterocycles. The summed E-state index contributed by atoms with van der Waals surface area (Å²) in [5.74, 6) is 3.28. The molecule has 1 rings (SSSR count). The minimum Gasteiger partial charge on any atom is -0.341 e. The van der Waals surface area contributed by atoms with Crippen molar-refractivity contribution in [1.29, 1.82) is 0 Å². The average molecular weight is 382 g/mol. The van der Waals surface area contributed by atoms with Gasteiger partial charge in [0.2, 0.25) is 0 Å². The van der Waals surface area contributed by atoms with Crippen LogP contribution in [-0.2, 0) is 4.79 Å². The van der Waals surface area contributed by atoms with Crippen LogP contribution >= 0.6 is 0 Å². The largest absolute Gasteiger partial charge is 0.341 e.